The first-order chi connectivity index (χ1) is 12.9. The number of nitrogens with two attached hydrogens (primary N) is 1. The molecule has 6 heteroatoms. The molecule has 0 amide bonds. The summed E-state index contributed by atoms with van der Waals surface area (Å²) in [5.74, 6) is 1.74. The molecule has 1 heterocycles. The number of allylic oxidation sites excluding steroid dienone is 1. The Hall–Kier alpha value is -3.15. The highest BCUT2D eigenvalue weighted by Crippen LogP contribution is 2.41. The molecule has 0 aliphatic carbocycles. The van der Waals surface area contributed by atoms with Crippen molar-refractivity contribution in [2.75, 3.05) is 45.1 Å². The maximum Gasteiger partial charge on any atom is 0.203 e. The second-order valence-corrected chi connectivity index (χ2v) is 6.57. The molecule has 2 N–H and O–H groups in total. The fraction of sp³-hybridized carbons (Fsp3) is 0.286. The molecule has 27 heavy (non-hydrogen) atoms. The number of fused-ring (bicyclic) bond motifs is 1. The predicted octanol–water partition coefficient (Wildman–Crippen LogP) is 3.40. The zero-order valence-corrected chi connectivity index (χ0v) is 16.0. The van der Waals surface area contributed by atoms with Crippen LogP contribution in [0.4, 0.5) is 11.4 Å². The van der Waals surface area contributed by atoms with E-state index >= 15 is 0 Å². The number of anilines is 2. The number of hydrogen-bond donors (Lipinski definition) is 1. The van der Waals surface area contributed by atoms with Gasteiger partial charge in [0, 0.05) is 19.7 Å². The highest BCUT2D eigenvalue weighted by Gasteiger charge is 2.18. The Morgan fingerprint density at radius 3 is 2.63 bits per heavy atom. The van der Waals surface area contributed by atoms with Crippen LogP contribution in [0.5, 0.6) is 17.2 Å². The van der Waals surface area contributed by atoms with E-state index in [0.717, 1.165) is 11.3 Å². The Bertz CT molecular complexity index is 886. The summed E-state index contributed by atoms with van der Waals surface area (Å²) in [5.41, 5.74) is 9.43. The van der Waals surface area contributed by atoms with Crippen molar-refractivity contribution in [3.05, 3.63) is 47.0 Å². The van der Waals surface area contributed by atoms with E-state index < -0.39 is 0 Å². The van der Waals surface area contributed by atoms with Crippen LogP contribution in [0.2, 0.25) is 0 Å². The molecule has 142 valence electrons. The smallest absolute Gasteiger partial charge is 0.203 e. The summed E-state index contributed by atoms with van der Waals surface area (Å²) in [7, 11) is 5.37. The molecule has 0 spiro atoms. The van der Waals surface area contributed by atoms with E-state index in [-0.39, 0.29) is 5.78 Å². The first kappa shape index (κ1) is 18.6. The van der Waals surface area contributed by atoms with Crippen molar-refractivity contribution in [1.82, 2.24) is 0 Å². The van der Waals surface area contributed by atoms with Gasteiger partial charge in [-0.05, 0) is 54.5 Å². The van der Waals surface area contributed by atoms with Gasteiger partial charge in [-0.3, -0.25) is 4.79 Å². The van der Waals surface area contributed by atoms with Crippen LogP contribution in [0.25, 0.3) is 6.08 Å². The Kier molecular flexibility index (Phi) is 5.26. The van der Waals surface area contributed by atoms with Gasteiger partial charge in [-0.2, -0.15) is 0 Å². The standard InChI is InChI=1S/C21H24N2O4/c1-13(20(24)15-5-6-16(22)17(12-15)23(2)3)9-14-10-18(25-4)21-19(11-14)26-7-8-27-21/h5-6,9-12H,7-8,22H2,1-4H3/b13-9+. The maximum atomic E-state index is 12.9. The molecular weight excluding hydrogens is 344 g/mol. The van der Waals surface area contributed by atoms with E-state index in [4.69, 9.17) is 19.9 Å². The summed E-state index contributed by atoms with van der Waals surface area (Å²) in [5, 5.41) is 0. The number of hydrogen-bond acceptors (Lipinski definition) is 6. The van der Waals surface area contributed by atoms with Gasteiger partial charge in [0.25, 0.3) is 0 Å². The number of carbonyl (C=O) groups excluding carboxylic acids is 1. The fourth-order valence-corrected chi connectivity index (χ4v) is 2.99. The third kappa shape index (κ3) is 3.84. The minimum Gasteiger partial charge on any atom is -0.493 e. The van der Waals surface area contributed by atoms with Gasteiger partial charge in [0.05, 0.1) is 18.5 Å². The monoisotopic (exact) mass is 368 g/mol. The lowest BCUT2D eigenvalue weighted by molar-refractivity contribution is 0.103. The molecule has 2 aromatic rings. The van der Waals surface area contributed by atoms with Gasteiger partial charge in [0.2, 0.25) is 5.75 Å². The van der Waals surface area contributed by atoms with E-state index in [9.17, 15) is 4.79 Å². The van der Waals surface area contributed by atoms with Gasteiger partial charge < -0.3 is 24.8 Å². The van der Waals surface area contributed by atoms with Crippen LogP contribution in [-0.2, 0) is 0 Å². The number of rotatable bonds is 5. The number of benzene rings is 2. The lowest BCUT2D eigenvalue weighted by Crippen LogP contribution is -2.16. The van der Waals surface area contributed by atoms with Gasteiger partial charge in [0.1, 0.15) is 13.2 Å². The van der Waals surface area contributed by atoms with Gasteiger partial charge in [-0.1, -0.05) is 0 Å². The average molecular weight is 368 g/mol. The van der Waals surface area contributed by atoms with Crippen molar-refractivity contribution in [2.45, 2.75) is 6.92 Å². The SMILES string of the molecule is COc1cc(/C=C(\C)C(=O)c2ccc(N)c(N(C)C)c2)cc2c1OCCO2. The van der Waals surface area contributed by atoms with Gasteiger partial charge in [-0.25, -0.2) is 0 Å². The lowest BCUT2D eigenvalue weighted by Gasteiger charge is -2.21. The summed E-state index contributed by atoms with van der Waals surface area (Å²) >= 11 is 0. The second-order valence-electron chi connectivity index (χ2n) is 6.57. The Morgan fingerprint density at radius 2 is 1.93 bits per heavy atom. The molecule has 2 aromatic carbocycles. The number of Topliss-reactive ketones (excluding diaryl/α,β-unsaturated/α-hetero) is 1. The Morgan fingerprint density at radius 1 is 1.19 bits per heavy atom. The summed E-state index contributed by atoms with van der Waals surface area (Å²) in [6.45, 7) is 2.76. The highest BCUT2D eigenvalue weighted by atomic mass is 16.6. The van der Waals surface area contributed by atoms with Crippen LogP contribution in [0, 0.1) is 0 Å². The summed E-state index contributed by atoms with van der Waals surface area (Å²) < 4.78 is 16.7. The third-order valence-electron chi connectivity index (χ3n) is 4.37. The van der Waals surface area contributed by atoms with Crippen LogP contribution >= 0.6 is 0 Å². The van der Waals surface area contributed by atoms with Gasteiger partial charge in [-0.15, -0.1) is 0 Å². The van der Waals surface area contributed by atoms with Crippen molar-refractivity contribution < 1.29 is 19.0 Å². The van der Waals surface area contributed by atoms with Crippen LogP contribution < -0.4 is 24.8 Å². The highest BCUT2D eigenvalue weighted by molar-refractivity contribution is 6.11. The topological polar surface area (TPSA) is 74.0 Å². The van der Waals surface area contributed by atoms with Crippen molar-refractivity contribution in [3.8, 4) is 17.2 Å². The van der Waals surface area contributed by atoms with E-state index in [1.807, 2.05) is 37.2 Å². The summed E-state index contributed by atoms with van der Waals surface area (Å²) in [4.78, 5) is 14.7. The first-order valence-corrected chi connectivity index (χ1v) is 8.68. The second kappa shape index (κ2) is 7.61. The van der Waals surface area contributed by atoms with Crippen molar-refractivity contribution in [3.63, 3.8) is 0 Å². The normalized spacial score (nSPS) is 13.3. The summed E-state index contributed by atoms with van der Waals surface area (Å²) in [6.07, 6.45) is 1.81. The van der Waals surface area contributed by atoms with Crippen LogP contribution in [-0.4, -0.2) is 40.2 Å². The lowest BCUT2D eigenvalue weighted by atomic mass is 10.0. The van der Waals surface area contributed by atoms with E-state index in [2.05, 4.69) is 0 Å². The predicted molar refractivity (Wildman–Crippen MR) is 107 cm³/mol. The first-order valence-electron chi connectivity index (χ1n) is 8.68. The third-order valence-corrected chi connectivity index (χ3v) is 4.37. The molecule has 0 saturated carbocycles. The number of ether oxygens (including phenoxy) is 3. The number of methoxy groups -OCH3 is 1. The molecule has 0 saturated heterocycles. The largest absolute Gasteiger partial charge is 0.493 e. The van der Waals surface area contributed by atoms with E-state index in [0.29, 0.717) is 47.3 Å². The Labute approximate surface area is 159 Å². The number of nitrogen functional groups attached to an aromatic ring is 1. The molecule has 0 fully saturated rings. The Balaban J connectivity index is 1.93. The zero-order chi connectivity index (χ0) is 19.6. The van der Waals surface area contributed by atoms with Crippen molar-refractivity contribution in [2.24, 2.45) is 0 Å². The van der Waals surface area contributed by atoms with E-state index in [1.54, 1.807) is 32.2 Å². The molecular formula is C21H24N2O4. The zero-order valence-electron chi connectivity index (χ0n) is 16.0. The quantitative estimate of drug-likeness (QED) is 0.495. The van der Waals surface area contributed by atoms with E-state index in [1.165, 1.54) is 0 Å². The van der Waals surface area contributed by atoms with Gasteiger partial charge >= 0.3 is 0 Å². The molecule has 0 radical (unpaired) electrons. The average Bonchev–Trinajstić information content (AvgIpc) is 2.66. The summed E-state index contributed by atoms with van der Waals surface area (Å²) in [6, 6.07) is 8.98. The molecule has 0 bridgehead atoms. The van der Waals surface area contributed by atoms with Crippen LogP contribution in [0.15, 0.2) is 35.9 Å². The molecule has 0 unspecified atom stereocenters. The van der Waals surface area contributed by atoms with Gasteiger partial charge in [0.15, 0.2) is 17.3 Å². The van der Waals surface area contributed by atoms with Crippen LogP contribution in [0.3, 0.4) is 0 Å². The maximum absolute atomic E-state index is 12.9. The van der Waals surface area contributed by atoms with Crippen molar-refractivity contribution >= 4 is 23.2 Å². The minimum atomic E-state index is -0.0630. The number of nitrogens with zero attached hydrogens (tertiary/aromatic N) is 1. The molecule has 1 aliphatic heterocycles. The molecule has 1 aliphatic rings. The van der Waals surface area contributed by atoms with Crippen molar-refractivity contribution in [1.29, 1.82) is 0 Å². The molecule has 3 rings (SSSR count). The minimum absolute atomic E-state index is 0.0630. The number of ketones is 1. The molecule has 0 aromatic heterocycles. The fourth-order valence-electron chi connectivity index (χ4n) is 2.99. The number of carbonyl (C=O) groups is 1. The molecule has 6 nitrogen and oxygen atoms in total. The molecule has 0 atom stereocenters. The van der Waals surface area contributed by atoms with Crippen LogP contribution in [0.1, 0.15) is 22.8 Å².